The van der Waals surface area contributed by atoms with Gasteiger partial charge in [-0.15, -0.1) is 0 Å². The molecule has 0 bridgehead atoms. The van der Waals surface area contributed by atoms with Crippen LogP contribution in [0.5, 0.6) is 0 Å². The number of nitrogens with zero attached hydrogens (tertiary/aromatic N) is 4. The predicted octanol–water partition coefficient (Wildman–Crippen LogP) is 1.09. The summed E-state index contributed by atoms with van der Waals surface area (Å²) in [7, 11) is 0. The molecule has 0 aliphatic heterocycles. The van der Waals surface area contributed by atoms with Crippen molar-refractivity contribution in [3.63, 3.8) is 0 Å². The van der Waals surface area contributed by atoms with Crippen LogP contribution in [0.1, 0.15) is 37.7 Å². The van der Waals surface area contributed by atoms with E-state index in [-0.39, 0.29) is 23.7 Å². The zero-order chi connectivity index (χ0) is 15.4. The van der Waals surface area contributed by atoms with Crippen molar-refractivity contribution in [3.05, 3.63) is 34.1 Å². The molecule has 2 aromatic rings. The topological polar surface area (TPSA) is 103 Å². The van der Waals surface area contributed by atoms with Crippen molar-refractivity contribution in [2.24, 2.45) is 0 Å². The SMILES string of the molecule is CC[C@@H](C(C)=O)n1ccnc(NCc2nonc2C)c1=O. The molecule has 0 saturated carbocycles. The Morgan fingerprint density at radius 3 is 2.81 bits per heavy atom. The van der Waals surface area contributed by atoms with Crippen LogP contribution in [0.4, 0.5) is 5.82 Å². The van der Waals surface area contributed by atoms with Gasteiger partial charge in [-0.05, 0) is 20.3 Å². The summed E-state index contributed by atoms with van der Waals surface area (Å²) in [6.07, 6.45) is 3.56. The van der Waals surface area contributed by atoms with Gasteiger partial charge in [0.2, 0.25) is 0 Å². The van der Waals surface area contributed by atoms with E-state index >= 15 is 0 Å². The fourth-order valence-electron chi connectivity index (χ4n) is 2.05. The van der Waals surface area contributed by atoms with E-state index in [0.29, 0.717) is 17.8 Å². The normalized spacial score (nSPS) is 12.1. The van der Waals surface area contributed by atoms with Crippen LogP contribution in [0, 0.1) is 6.92 Å². The highest BCUT2D eigenvalue weighted by Gasteiger charge is 2.17. The minimum absolute atomic E-state index is 0.0618. The van der Waals surface area contributed by atoms with Crippen LogP contribution < -0.4 is 10.9 Å². The smallest absolute Gasteiger partial charge is 0.293 e. The van der Waals surface area contributed by atoms with Crippen LogP contribution in [0.25, 0.3) is 0 Å². The lowest BCUT2D eigenvalue weighted by atomic mass is 10.1. The van der Waals surface area contributed by atoms with Gasteiger partial charge < -0.3 is 9.88 Å². The van der Waals surface area contributed by atoms with E-state index in [1.807, 2.05) is 6.92 Å². The number of hydrogen-bond acceptors (Lipinski definition) is 7. The molecule has 21 heavy (non-hydrogen) atoms. The molecular weight excluding hydrogens is 274 g/mol. The molecule has 2 rings (SSSR count). The Morgan fingerprint density at radius 1 is 1.48 bits per heavy atom. The lowest BCUT2D eigenvalue weighted by Gasteiger charge is -2.15. The first-order valence-electron chi connectivity index (χ1n) is 6.64. The van der Waals surface area contributed by atoms with Crippen molar-refractivity contribution in [1.82, 2.24) is 19.9 Å². The van der Waals surface area contributed by atoms with Crippen LogP contribution >= 0.6 is 0 Å². The van der Waals surface area contributed by atoms with Gasteiger partial charge in [-0.1, -0.05) is 17.2 Å². The minimum Gasteiger partial charge on any atom is -0.360 e. The highest BCUT2D eigenvalue weighted by molar-refractivity contribution is 5.79. The second kappa shape index (κ2) is 6.29. The summed E-state index contributed by atoms with van der Waals surface area (Å²) in [4.78, 5) is 28.0. The average molecular weight is 291 g/mol. The Hall–Kier alpha value is -2.51. The summed E-state index contributed by atoms with van der Waals surface area (Å²) >= 11 is 0. The third-order valence-electron chi connectivity index (χ3n) is 3.23. The Morgan fingerprint density at radius 2 is 2.24 bits per heavy atom. The van der Waals surface area contributed by atoms with Crippen LogP contribution in [0.3, 0.4) is 0 Å². The van der Waals surface area contributed by atoms with Crippen molar-refractivity contribution < 1.29 is 9.42 Å². The number of carbonyl (C=O) groups excluding carboxylic acids is 1. The molecule has 0 unspecified atom stereocenters. The fourth-order valence-corrected chi connectivity index (χ4v) is 2.05. The van der Waals surface area contributed by atoms with E-state index in [9.17, 15) is 9.59 Å². The van der Waals surface area contributed by atoms with Gasteiger partial charge in [0.1, 0.15) is 11.4 Å². The molecule has 0 radical (unpaired) electrons. The molecule has 2 aromatic heterocycles. The number of nitrogens with one attached hydrogen (secondary N) is 1. The molecule has 0 spiro atoms. The Kier molecular flexibility index (Phi) is 4.46. The second-order valence-corrected chi connectivity index (χ2v) is 4.67. The van der Waals surface area contributed by atoms with Gasteiger partial charge >= 0.3 is 0 Å². The standard InChI is InChI=1S/C13H17N5O3/c1-4-11(9(3)19)18-6-5-14-12(13(18)20)15-7-10-8(2)16-21-17-10/h5-6,11H,4,7H2,1-3H3,(H,14,15)/t11-/m0/s1. The van der Waals surface area contributed by atoms with Gasteiger partial charge in [0.25, 0.3) is 5.56 Å². The molecule has 8 heteroatoms. The second-order valence-electron chi connectivity index (χ2n) is 4.67. The maximum Gasteiger partial charge on any atom is 0.293 e. The van der Waals surface area contributed by atoms with Crippen molar-refractivity contribution in [1.29, 1.82) is 0 Å². The van der Waals surface area contributed by atoms with Crippen molar-refractivity contribution in [3.8, 4) is 0 Å². The zero-order valence-electron chi connectivity index (χ0n) is 12.2. The average Bonchev–Trinajstić information content (AvgIpc) is 2.85. The zero-order valence-corrected chi connectivity index (χ0v) is 12.2. The highest BCUT2D eigenvalue weighted by atomic mass is 16.6. The van der Waals surface area contributed by atoms with E-state index in [0.717, 1.165) is 0 Å². The van der Waals surface area contributed by atoms with Gasteiger partial charge in [-0.3, -0.25) is 9.59 Å². The third kappa shape index (κ3) is 3.15. The summed E-state index contributed by atoms with van der Waals surface area (Å²) < 4.78 is 5.98. The summed E-state index contributed by atoms with van der Waals surface area (Å²) in [6.45, 7) is 5.36. The molecule has 112 valence electrons. The van der Waals surface area contributed by atoms with Gasteiger partial charge in [-0.2, -0.15) is 0 Å². The number of hydrogen-bond donors (Lipinski definition) is 1. The van der Waals surface area contributed by atoms with E-state index in [1.165, 1.54) is 23.9 Å². The van der Waals surface area contributed by atoms with Gasteiger partial charge in [0, 0.05) is 12.4 Å². The Labute approximate surface area is 121 Å². The molecule has 0 aromatic carbocycles. The van der Waals surface area contributed by atoms with Crippen molar-refractivity contribution >= 4 is 11.6 Å². The molecule has 0 fully saturated rings. The summed E-state index contributed by atoms with van der Waals surface area (Å²) in [5.74, 6) is 0.105. The van der Waals surface area contributed by atoms with E-state index in [1.54, 1.807) is 6.92 Å². The van der Waals surface area contributed by atoms with Crippen LogP contribution in [-0.2, 0) is 11.3 Å². The van der Waals surface area contributed by atoms with Crippen LogP contribution in [0.15, 0.2) is 21.8 Å². The van der Waals surface area contributed by atoms with Crippen LogP contribution in [0.2, 0.25) is 0 Å². The Bertz CT molecular complexity index is 691. The first kappa shape index (κ1) is 14.9. The third-order valence-corrected chi connectivity index (χ3v) is 3.23. The predicted molar refractivity (Wildman–Crippen MR) is 74.9 cm³/mol. The first-order valence-corrected chi connectivity index (χ1v) is 6.64. The van der Waals surface area contributed by atoms with Gasteiger partial charge in [0.15, 0.2) is 11.6 Å². The van der Waals surface area contributed by atoms with E-state index < -0.39 is 6.04 Å². The number of aromatic nitrogens is 4. The molecule has 2 heterocycles. The van der Waals surface area contributed by atoms with E-state index in [2.05, 4.69) is 25.2 Å². The maximum atomic E-state index is 12.3. The molecule has 8 nitrogen and oxygen atoms in total. The summed E-state index contributed by atoms with van der Waals surface area (Å²) in [5, 5.41) is 10.3. The molecule has 0 aliphatic rings. The number of aryl methyl sites for hydroxylation is 1. The largest absolute Gasteiger partial charge is 0.360 e. The van der Waals surface area contributed by atoms with E-state index in [4.69, 9.17) is 0 Å². The maximum absolute atomic E-state index is 12.3. The number of anilines is 1. The summed E-state index contributed by atoms with van der Waals surface area (Å²) in [6, 6.07) is -0.475. The lowest BCUT2D eigenvalue weighted by molar-refractivity contribution is -0.120. The molecule has 0 saturated heterocycles. The monoisotopic (exact) mass is 291 g/mol. The lowest BCUT2D eigenvalue weighted by Crippen LogP contribution is -2.30. The molecular formula is C13H17N5O3. The molecule has 1 atom stereocenters. The highest BCUT2D eigenvalue weighted by Crippen LogP contribution is 2.10. The minimum atomic E-state index is -0.475. The Balaban J connectivity index is 2.24. The van der Waals surface area contributed by atoms with Crippen molar-refractivity contribution in [2.45, 2.75) is 39.8 Å². The van der Waals surface area contributed by atoms with Gasteiger partial charge in [-0.25, -0.2) is 9.61 Å². The fraction of sp³-hybridized carbons (Fsp3) is 0.462. The molecule has 1 N–H and O–H groups in total. The quantitative estimate of drug-likeness (QED) is 0.849. The van der Waals surface area contributed by atoms with Crippen LogP contribution in [-0.4, -0.2) is 25.6 Å². The number of rotatable bonds is 6. The number of Topliss-reactive ketones (excluding diaryl/α,β-unsaturated/α-hetero) is 1. The summed E-state index contributed by atoms with van der Waals surface area (Å²) in [5.41, 5.74) is 0.910. The number of carbonyl (C=O) groups is 1. The number of ketones is 1. The van der Waals surface area contributed by atoms with Gasteiger partial charge in [0.05, 0.1) is 12.6 Å². The first-order chi connectivity index (χ1) is 10.0. The van der Waals surface area contributed by atoms with Crippen molar-refractivity contribution in [2.75, 3.05) is 5.32 Å². The molecule has 0 amide bonds. The molecule has 0 aliphatic carbocycles.